The van der Waals surface area contributed by atoms with E-state index < -0.39 is 0 Å². The van der Waals surface area contributed by atoms with Gasteiger partial charge in [0.15, 0.2) is 0 Å². The highest BCUT2D eigenvalue weighted by atomic mass is 79.9. The van der Waals surface area contributed by atoms with Crippen LogP contribution in [-0.2, 0) is 4.79 Å². The lowest BCUT2D eigenvalue weighted by Gasteiger charge is -2.28. The lowest BCUT2D eigenvalue weighted by molar-refractivity contribution is -0.116. The highest BCUT2D eigenvalue weighted by molar-refractivity contribution is 9.10. The van der Waals surface area contributed by atoms with Crippen molar-refractivity contribution in [2.45, 2.75) is 12.3 Å². The van der Waals surface area contributed by atoms with Gasteiger partial charge in [-0.1, -0.05) is 58.4 Å². The number of benzene rings is 3. The number of anilines is 1. The van der Waals surface area contributed by atoms with Gasteiger partial charge in [0.1, 0.15) is 5.82 Å². The molecule has 2 nitrogen and oxygen atoms in total. The van der Waals surface area contributed by atoms with Gasteiger partial charge in [-0.3, -0.25) is 4.79 Å². The smallest absolute Gasteiger partial charge is 0.225 e. The van der Waals surface area contributed by atoms with Gasteiger partial charge in [0, 0.05) is 22.2 Å². The van der Waals surface area contributed by atoms with Crippen LogP contribution in [0, 0.1) is 5.82 Å². The van der Waals surface area contributed by atoms with E-state index >= 15 is 0 Å². The summed E-state index contributed by atoms with van der Waals surface area (Å²) in [5.41, 5.74) is 2.29. The topological polar surface area (TPSA) is 29.1 Å². The first-order valence-electron chi connectivity index (χ1n) is 7.40. The van der Waals surface area contributed by atoms with Crippen LogP contribution in [-0.4, -0.2) is 5.91 Å². The Morgan fingerprint density at radius 3 is 2.48 bits per heavy atom. The Balaban J connectivity index is 2.01. The summed E-state index contributed by atoms with van der Waals surface area (Å²) in [7, 11) is 0. The fourth-order valence-electron chi connectivity index (χ4n) is 3.29. The van der Waals surface area contributed by atoms with E-state index in [0.29, 0.717) is 5.56 Å². The minimum atomic E-state index is -0.277. The molecule has 1 heterocycles. The maximum absolute atomic E-state index is 14.3. The van der Waals surface area contributed by atoms with E-state index in [4.69, 9.17) is 0 Å². The average molecular weight is 370 g/mol. The Hall–Kier alpha value is -2.20. The molecule has 0 bridgehead atoms. The molecule has 4 heteroatoms. The third-order valence-electron chi connectivity index (χ3n) is 4.33. The second kappa shape index (κ2) is 5.46. The molecule has 0 saturated carbocycles. The Morgan fingerprint density at radius 1 is 1.00 bits per heavy atom. The molecule has 1 unspecified atom stereocenters. The monoisotopic (exact) mass is 369 g/mol. The summed E-state index contributed by atoms with van der Waals surface area (Å²) < 4.78 is 15.2. The van der Waals surface area contributed by atoms with Gasteiger partial charge >= 0.3 is 0 Å². The minimum absolute atomic E-state index is 0.0850. The van der Waals surface area contributed by atoms with Crippen LogP contribution in [0.4, 0.5) is 10.1 Å². The van der Waals surface area contributed by atoms with Crippen molar-refractivity contribution in [3.05, 3.63) is 76.0 Å². The predicted molar refractivity (Wildman–Crippen MR) is 93.1 cm³/mol. The van der Waals surface area contributed by atoms with Gasteiger partial charge in [0.05, 0.1) is 5.69 Å². The quantitative estimate of drug-likeness (QED) is 0.626. The van der Waals surface area contributed by atoms with Crippen molar-refractivity contribution in [3.63, 3.8) is 0 Å². The summed E-state index contributed by atoms with van der Waals surface area (Å²) in [5.74, 6) is -0.637. The van der Waals surface area contributed by atoms with Crippen LogP contribution in [0.1, 0.15) is 23.5 Å². The van der Waals surface area contributed by atoms with Crippen LogP contribution in [0.3, 0.4) is 0 Å². The molecule has 3 aromatic rings. The summed E-state index contributed by atoms with van der Waals surface area (Å²) in [5, 5.41) is 4.96. The van der Waals surface area contributed by atoms with Crippen LogP contribution in [0.2, 0.25) is 0 Å². The van der Waals surface area contributed by atoms with Gasteiger partial charge in [-0.2, -0.15) is 0 Å². The number of rotatable bonds is 1. The first-order chi connectivity index (χ1) is 11.1. The number of halogens is 2. The lowest BCUT2D eigenvalue weighted by Crippen LogP contribution is -2.24. The Labute approximate surface area is 141 Å². The Bertz CT molecular complexity index is 938. The molecule has 0 radical (unpaired) electrons. The number of carbonyl (C=O) groups is 1. The number of fused-ring (bicyclic) bond motifs is 3. The van der Waals surface area contributed by atoms with Gasteiger partial charge < -0.3 is 5.32 Å². The summed E-state index contributed by atoms with van der Waals surface area (Å²) in [6, 6.07) is 16.5. The van der Waals surface area contributed by atoms with Gasteiger partial charge in [-0.25, -0.2) is 4.39 Å². The van der Waals surface area contributed by atoms with Crippen LogP contribution >= 0.6 is 15.9 Å². The molecule has 1 aliphatic heterocycles. The average Bonchev–Trinajstić information content (AvgIpc) is 2.56. The molecule has 1 aliphatic rings. The van der Waals surface area contributed by atoms with Crippen LogP contribution in [0.15, 0.2) is 59.1 Å². The Kier molecular flexibility index (Phi) is 3.42. The molecule has 23 heavy (non-hydrogen) atoms. The third kappa shape index (κ3) is 2.34. The van der Waals surface area contributed by atoms with E-state index in [2.05, 4.69) is 21.2 Å². The first-order valence-corrected chi connectivity index (χ1v) is 8.20. The molecule has 1 amide bonds. The summed E-state index contributed by atoms with van der Waals surface area (Å²) in [4.78, 5) is 12.2. The first kappa shape index (κ1) is 14.4. The van der Waals surface area contributed by atoms with Gasteiger partial charge in [0.25, 0.3) is 0 Å². The van der Waals surface area contributed by atoms with E-state index in [-0.39, 0.29) is 24.1 Å². The summed E-state index contributed by atoms with van der Waals surface area (Å²) >= 11 is 3.60. The van der Waals surface area contributed by atoms with Crippen LogP contribution < -0.4 is 5.32 Å². The van der Waals surface area contributed by atoms with E-state index in [9.17, 15) is 9.18 Å². The number of carbonyl (C=O) groups excluding carboxylic acids is 1. The lowest BCUT2D eigenvalue weighted by atomic mass is 9.83. The molecule has 1 atom stereocenters. The minimum Gasteiger partial charge on any atom is -0.325 e. The van der Waals surface area contributed by atoms with E-state index in [1.54, 1.807) is 18.2 Å². The third-order valence-corrected chi connectivity index (χ3v) is 4.99. The fourth-order valence-corrected chi connectivity index (χ4v) is 3.88. The molecule has 114 valence electrons. The maximum atomic E-state index is 14.3. The highest BCUT2D eigenvalue weighted by Gasteiger charge is 2.30. The van der Waals surface area contributed by atoms with Crippen LogP contribution in [0.5, 0.6) is 0 Å². The molecular weight excluding hydrogens is 357 g/mol. The van der Waals surface area contributed by atoms with Crippen molar-refractivity contribution < 1.29 is 9.18 Å². The number of hydrogen-bond acceptors (Lipinski definition) is 1. The predicted octanol–water partition coefficient (Wildman–Crippen LogP) is 5.22. The van der Waals surface area contributed by atoms with E-state index in [0.717, 1.165) is 26.5 Å². The zero-order valence-electron chi connectivity index (χ0n) is 12.1. The zero-order chi connectivity index (χ0) is 16.0. The molecule has 0 fully saturated rings. The number of amides is 1. The van der Waals surface area contributed by atoms with Gasteiger partial charge in [0.2, 0.25) is 5.91 Å². The highest BCUT2D eigenvalue weighted by Crippen LogP contribution is 2.43. The molecule has 0 spiro atoms. The number of nitrogens with one attached hydrogen (secondary N) is 1. The molecule has 0 saturated heterocycles. The zero-order valence-corrected chi connectivity index (χ0v) is 13.7. The van der Waals surface area contributed by atoms with E-state index in [1.807, 2.05) is 30.3 Å². The van der Waals surface area contributed by atoms with Crippen LogP contribution in [0.25, 0.3) is 10.8 Å². The summed E-state index contributed by atoms with van der Waals surface area (Å²) in [6.07, 6.45) is 0.249. The number of hydrogen-bond donors (Lipinski definition) is 1. The van der Waals surface area contributed by atoms with Gasteiger partial charge in [-0.15, -0.1) is 0 Å². The molecule has 0 aromatic heterocycles. The van der Waals surface area contributed by atoms with Crippen molar-refractivity contribution >= 4 is 38.3 Å². The van der Waals surface area contributed by atoms with Crippen molar-refractivity contribution in [3.8, 4) is 0 Å². The molecule has 4 rings (SSSR count). The second-order valence-corrected chi connectivity index (χ2v) is 6.55. The maximum Gasteiger partial charge on any atom is 0.225 e. The van der Waals surface area contributed by atoms with Crippen molar-refractivity contribution in [1.29, 1.82) is 0 Å². The second-order valence-electron chi connectivity index (χ2n) is 5.69. The standard InChI is InChI=1S/C19H13BrFNO/c20-16-9-15-14(12-6-3-4-8-17(12)21)10-18(23)22-19(15)13-7-2-1-5-11(13)16/h1-9,14H,10H2,(H,22,23). The summed E-state index contributed by atoms with van der Waals surface area (Å²) in [6.45, 7) is 0. The molecule has 1 N–H and O–H groups in total. The van der Waals surface area contributed by atoms with E-state index in [1.165, 1.54) is 6.07 Å². The van der Waals surface area contributed by atoms with Crippen molar-refractivity contribution in [2.24, 2.45) is 0 Å². The normalized spacial score (nSPS) is 17.0. The Morgan fingerprint density at radius 2 is 1.70 bits per heavy atom. The molecule has 0 aliphatic carbocycles. The van der Waals surface area contributed by atoms with Crippen molar-refractivity contribution in [1.82, 2.24) is 0 Å². The van der Waals surface area contributed by atoms with Crippen molar-refractivity contribution in [2.75, 3.05) is 5.32 Å². The van der Waals surface area contributed by atoms with Gasteiger partial charge in [-0.05, 0) is 28.6 Å². The molecule has 3 aromatic carbocycles. The fraction of sp³-hybridized carbons (Fsp3) is 0.105. The SMILES string of the molecule is O=C1CC(c2ccccc2F)c2cc(Br)c3ccccc3c2N1. The largest absolute Gasteiger partial charge is 0.325 e. The molecular formula is C19H13BrFNO.